The number of fused-ring (bicyclic) bond motifs is 1. The van der Waals surface area contributed by atoms with Crippen LogP contribution in [0.4, 0.5) is 4.79 Å². The molecule has 1 unspecified atom stereocenters. The number of primary amides is 1. The highest BCUT2D eigenvalue weighted by Gasteiger charge is 2.26. The SMILES string of the molecule is Cc1cc2nc(-c3cncn3C)cc(C3=NN(C(N)=O)CC(C)O3)c2cc1CCC#N. The van der Waals surface area contributed by atoms with E-state index in [9.17, 15) is 4.79 Å². The lowest BCUT2D eigenvalue weighted by molar-refractivity contribution is 0.118. The summed E-state index contributed by atoms with van der Waals surface area (Å²) in [6.07, 6.45) is 4.24. The molecule has 0 aliphatic carbocycles. The third-order valence-corrected chi connectivity index (χ3v) is 5.29. The molecule has 31 heavy (non-hydrogen) atoms. The Bertz CT molecular complexity index is 1240. The molecule has 4 rings (SSSR count). The maximum absolute atomic E-state index is 11.8. The number of hydrogen-bond donors (Lipinski definition) is 1. The molecule has 0 saturated carbocycles. The van der Waals surface area contributed by atoms with Crippen LogP contribution in [-0.4, -0.2) is 44.1 Å². The summed E-state index contributed by atoms with van der Waals surface area (Å²) >= 11 is 0. The van der Waals surface area contributed by atoms with Crippen LogP contribution in [0, 0.1) is 18.3 Å². The fourth-order valence-electron chi connectivity index (χ4n) is 3.70. The van der Waals surface area contributed by atoms with Crippen LogP contribution in [0.1, 0.15) is 30.0 Å². The van der Waals surface area contributed by atoms with E-state index in [1.165, 1.54) is 5.01 Å². The summed E-state index contributed by atoms with van der Waals surface area (Å²) < 4.78 is 7.90. The van der Waals surface area contributed by atoms with Gasteiger partial charge >= 0.3 is 6.03 Å². The van der Waals surface area contributed by atoms with Crippen LogP contribution in [0.5, 0.6) is 0 Å². The van der Waals surface area contributed by atoms with E-state index in [0.29, 0.717) is 30.0 Å². The Morgan fingerprint density at radius 2 is 2.19 bits per heavy atom. The Kier molecular flexibility index (Phi) is 5.29. The molecule has 2 aromatic heterocycles. The van der Waals surface area contributed by atoms with Gasteiger partial charge in [0, 0.05) is 24.4 Å². The molecule has 0 fully saturated rings. The van der Waals surface area contributed by atoms with Crippen LogP contribution in [0.3, 0.4) is 0 Å². The number of nitrogens with two attached hydrogens (primary N) is 1. The zero-order valence-corrected chi connectivity index (χ0v) is 17.7. The highest BCUT2D eigenvalue weighted by Crippen LogP contribution is 2.29. The zero-order chi connectivity index (χ0) is 22.1. The Morgan fingerprint density at radius 1 is 1.39 bits per heavy atom. The normalized spacial score (nSPS) is 16.0. The number of ether oxygens (including phenoxy) is 1. The molecule has 3 heterocycles. The standard InChI is InChI=1S/C22H23N7O2/c1-13-7-18-16(8-15(13)5-4-6-23)17(9-19(26-18)20-10-25-12-28(20)3)21-27-29(22(24)30)11-14(2)31-21/h7-10,12,14H,4-5,11H2,1-3H3,(H2,24,30). The first-order chi connectivity index (χ1) is 14.9. The second kappa shape index (κ2) is 8.07. The van der Waals surface area contributed by atoms with Gasteiger partial charge in [-0.2, -0.15) is 5.26 Å². The van der Waals surface area contributed by atoms with Crippen LogP contribution >= 0.6 is 0 Å². The van der Waals surface area contributed by atoms with E-state index in [2.05, 4.69) is 16.2 Å². The number of rotatable bonds is 4. The van der Waals surface area contributed by atoms with Gasteiger partial charge in [-0.05, 0) is 49.6 Å². The van der Waals surface area contributed by atoms with Gasteiger partial charge in [0.05, 0.1) is 42.0 Å². The van der Waals surface area contributed by atoms with E-state index in [1.807, 2.05) is 43.7 Å². The first kappa shape index (κ1) is 20.3. The summed E-state index contributed by atoms with van der Waals surface area (Å²) in [5.74, 6) is 0.309. The van der Waals surface area contributed by atoms with Crippen molar-refractivity contribution in [2.75, 3.05) is 6.54 Å². The van der Waals surface area contributed by atoms with E-state index < -0.39 is 6.03 Å². The number of benzene rings is 1. The van der Waals surface area contributed by atoms with Crippen molar-refractivity contribution in [3.63, 3.8) is 0 Å². The number of carbonyl (C=O) groups excluding carboxylic acids is 1. The van der Waals surface area contributed by atoms with Gasteiger partial charge in [0.2, 0.25) is 5.90 Å². The molecule has 0 radical (unpaired) electrons. The van der Waals surface area contributed by atoms with E-state index in [4.69, 9.17) is 20.7 Å². The van der Waals surface area contributed by atoms with Crippen LogP contribution in [0.2, 0.25) is 0 Å². The fourth-order valence-corrected chi connectivity index (χ4v) is 3.70. The Balaban J connectivity index is 1.97. The van der Waals surface area contributed by atoms with E-state index >= 15 is 0 Å². The second-order valence-electron chi connectivity index (χ2n) is 7.65. The number of amides is 2. The van der Waals surface area contributed by atoms with E-state index in [0.717, 1.165) is 27.7 Å². The number of nitriles is 1. The van der Waals surface area contributed by atoms with Gasteiger partial charge < -0.3 is 15.0 Å². The van der Waals surface area contributed by atoms with Crippen LogP contribution < -0.4 is 5.73 Å². The molecule has 158 valence electrons. The zero-order valence-electron chi connectivity index (χ0n) is 17.7. The number of aryl methyl sites for hydroxylation is 3. The fraction of sp³-hybridized carbons (Fsp3) is 0.318. The molecule has 0 saturated heterocycles. The smallest absolute Gasteiger partial charge is 0.335 e. The molecule has 3 aromatic rings. The lowest BCUT2D eigenvalue weighted by atomic mass is 9.97. The maximum Gasteiger partial charge on any atom is 0.335 e. The third-order valence-electron chi connectivity index (χ3n) is 5.29. The number of hydrogen-bond acceptors (Lipinski definition) is 6. The van der Waals surface area contributed by atoms with Crippen molar-refractivity contribution >= 4 is 22.8 Å². The van der Waals surface area contributed by atoms with Gasteiger partial charge in [0.15, 0.2) is 0 Å². The van der Waals surface area contributed by atoms with Crippen LogP contribution in [0.25, 0.3) is 22.3 Å². The van der Waals surface area contributed by atoms with Crippen molar-refractivity contribution in [2.45, 2.75) is 32.8 Å². The lowest BCUT2D eigenvalue weighted by Crippen LogP contribution is -2.42. The molecule has 1 aliphatic heterocycles. The Morgan fingerprint density at radius 3 is 2.87 bits per heavy atom. The predicted octanol–water partition coefficient (Wildman–Crippen LogP) is 2.86. The van der Waals surface area contributed by atoms with Crippen molar-refractivity contribution < 1.29 is 9.53 Å². The molecule has 1 atom stereocenters. The second-order valence-corrected chi connectivity index (χ2v) is 7.65. The molecule has 1 aliphatic rings. The molecule has 9 nitrogen and oxygen atoms in total. The highest BCUT2D eigenvalue weighted by molar-refractivity contribution is 6.08. The van der Waals surface area contributed by atoms with Gasteiger partial charge in [0.1, 0.15) is 6.10 Å². The monoisotopic (exact) mass is 417 g/mol. The van der Waals surface area contributed by atoms with Gasteiger partial charge in [-0.25, -0.2) is 19.8 Å². The Hall–Kier alpha value is -3.93. The van der Waals surface area contributed by atoms with Gasteiger partial charge in [-0.1, -0.05) is 0 Å². The van der Waals surface area contributed by atoms with Crippen molar-refractivity contribution in [2.24, 2.45) is 17.9 Å². The lowest BCUT2D eigenvalue weighted by Gasteiger charge is -2.28. The molecule has 1 aromatic carbocycles. The first-order valence-corrected chi connectivity index (χ1v) is 9.98. The number of pyridine rings is 1. The molecular formula is C22H23N7O2. The summed E-state index contributed by atoms with van der Waals surface area (Å²) in [4.78, 5) is 20.8. The summed E-state index contributed by atoms with van der Waals surface area (Å²) in [5, 5.41) is 15.4. The minimum absolute atomic E-state index is 0.271. The average Bonchev–Trinajstić information content (AvgIpc) is 3.16. The molecule has 0 bridgehead atoms. The van der Waals surface area contributed by atoms with Crippen molar-refractivity contribution in [1.29, 1.82) is 5.26 Å². The summed E-state index contributed by atoms with van der Waals surface area (Å²) in [6.45, 7) is 4.15. The minimum atomic E-state index is -0.636. The van der Waals surface area contributed by atoms with Gasteiger partial charge in [-0.15, -0.1) is 5.10 Å². The van der Waals surface area contributed by atoms with Crippen LogP contribution in [0.15, 0.2) is 35.8 Å². The topological polar surface area (TPSA) is 122 Å². The number of imidazole rings is 1. The number of aromatic nitrogens is 3. The quantitative estimate of drug-likeness (QED) is 0.699. The third kappa shape index (κ3) is 3.92. The van der Waals surface area contributed by atoms with Crippen LogP contribution in [-0.2, 0) is 18.2 Å². The number of carbonyl (C=O) groups is 1. The van der Waals surface area contributed by atoms with E-state index in [-0.39, 0.29) is 12.6 Å². The first-order valence-electron chi connectivity index (χ1n) is 9.98. The van der Waals surface area contributed by atoms with Crippen molar-refractivity contribution in [1.82, 2.24) is 19.5 Å². The number of hydrazone groups is 1. The summed E-state index contributed by atoms with van der Waals surface area (Å²) in [7, 11) is 1.90. The predicted molar refractivity (Wildman–Crippen MR) is 116 cm³/mol. The molecule has 9 heteroatoms. The van der Waals surface area contributed by atoms with Gasteiger partial charge in [-0.3, -0.25) is 0 Å². The molecule has 2 amide bonds. The largest absolute Gasteiger partial charge is 0.471 e. The maximum atomic E-state index is 11.8. The summed E-state index contributed by atoms with van der Waals surface area (Å²) in [6, 6.07) is 7.48. The number of urea groups is 1. The van der Waals surface area contributed by atoms with E-state index in [1.54, 1.807) is 12.5 Å². The number of nitrogens with zero attached hydrogens (tertiary/aromatic N) is 6. The average molecular weight is 417 g/mol. The molecule has 2 N–H and O–H groups in total. The Labute approximate surface area is 179 Å². The highest BCUT2D eigenvalue weighted by atomic mass is 16.5. The van der Waals surface area contributed by atoms with Gasteiger partial charge in [0.25, 0.3) is 0 Å². The van der Waals surface area contributed by atoms with Crippen molar-refractivity contribution in [3.05, 3.63) is 47.4 Å². The van der Waals surface area contributed by atoms with Crippen molar-refractivity contribution in [3.8, 4) is 17.5 Å². The minimum Gasteiger partial charge on any atom is -0.471 e. The molecule has 0 spiro atoms. The summed E-state index contributed by atoms with van der Waals surface area (Å²) in [5.41, 5.74) is 10.6. The molecular weight excluding hydrogens is 394 g/mol.